The Balaban J connectivity index is 1.56. The lowest BCUT2D eigenvalue weighted by atomic mass is 10.1. The maximum Gasteiger partial charge on any atom is 0.287 e. The van der Waals surface area contributed by atoms with Gasteiger partial charge >= 0.3 is 0 Å². The first-order valence-electron chi connectivity index (χ1n) is 9.81. The molecule has 1 aliphatic rings. The number of fused-ring (bicyclic) bond motifs is 1. The zero-order valence-electron chi connectivity index (χ0n) is 16.3. The molecule has 0 unspecified atom stereocenters. The predicted octanol–water partition coefficient (Wildman–Crippen LogP) is 5.27. The molecule has 28 heavy (non-hydrogen) atoms. The molecule has 1 N–H and O–H groups in total. The van der Waals surface area contributed by atoms with Gasteiger partial charge in [0.15, 0.2) is 5.76 Å². The molecule has 1 amide bonds. The number of amides is 1. The van der Waals surface area contributed by atoms with Gasteiger partial charge in [-0.15, -0.1) is 0 Å². The van der Waals surface area contributed by atoms with Crippen LogP contribution in [0.3, 0.4) is 0 Å². The van der Waals surface area contributed by atoms with Crippen LogP contribution in [0.4, 0.5) is 0 Å². The Morgan fingerprint density at radius 3 is 2.68 bits per heavy atom. The van der Waals surface area contributed by atoms with Crippen LogP contribution in [0.15, 0.2) is 46.9 Å². The van der Waals surface area contributed by atoms with Gasteiger partial charge in [0.1, 0.15) is 5.58 Å². The molecule has 0 aliphatic carbocycles. The van der Waals surface area contributed by atoms with Crippen molar-refractivity contribution < 1.29 is 9.21 Å². The topological polar surface area (TPSA) is 45.5 Å². The number of hydrogen-bond donors (Lipinski definition) is 1. The Labute approximate surface area is 170 Å². The molecule has 1 aliphatic heterocycles. The number of rotatable bonds is 5. The highest BCUT2D eigenvalue weighted by molar-refractivity contribution is 6.31. The van der Waals surface area contributed by atoms with E-state index in [2.05, 4.69) is 10.2 Å². The zero-order chi connectivity index (χ0) is 19.7. The standard InChI is InChI=1S/C23H25ClN2O2/c1-15-9-10-17-16(2)22(28-21(17)13-15)23(27)25-14-20(26-11-5-6-12-26)18-7-3-4-8-19(18)24/h3-4,7-10,13,20H,5-6,11-12,14H2,1-2H3,(H,25,27)/t20-/m0/s1. The van der Waals surface area contributed by atoms with Crippen molar-refractivity contribution in [3.63, 3.8) is 0 Å². The van der Waals surface area contributed by atoms with Crippen molar-refractivity contribution in [2.75, 3.05) is 19.6 Å². The number of nitrogens with zero attached hydrogens (tertiary/aromatic N) is 1. The molecule has 2 aromatic carbocycles. The van der Waals surface area contributed by atoms with E-state index in [9.17, 15) is 4.79 Å². The van der Waals surface area contributed by atoms with E-state index in [1.807, 2.05) is 56.3 Å². The molecular weight excluding hydrogens is 372 g/mol. The van der Waals surface area contributed by atoms with Crippen LogP contribution in [-0.4, -0.2) is 30.4 Å². The third-order valence-electron chi connectivity index (χ3n) is 5.60. The van der Waals surface area contributed by atoms with Crippen LogP contribution in [0.2, 0.25) is 5.02 Å². The third kappa shape index (κ3) is 3.67. The monoisotopic (exact) mass is 396 g/mol. The smallest absolute Gasteiger partial charge is 0.287 e. The summed E-state index contributed by atoms with van der Waals surface area (Å²) in [6, 6.07) is 14.0. The highest BCUT2D eigenvalue weighted by Crippen LogP contribution is 2.30. The fraction of sp³-hybridized carbons (Fsp3) is 0.348. The molecule has 1 saturated heterocycles. The van der Waals surface area contributed by atoms with Gasteiger partial charge in [0.25, 0.3) is 5.91 Å². The van der Waals surface area contributed by atoms with E-state index >= 15 is 0 Å². The summed E-state index contributed by atoms with van der Waals surface area (Å²) in [5.74, 6) is 0.211. The number of aryl methyl sites for hydroxylation is 2. The van der Waals surface area contributed by atoms with E-state index in [1.54, 1.807) is 0 Å². The Kier molecular flexibility index (Phi) is 5.42. The van der Waals surface area contributed by atoms with Crippen LogP contribution < -0.4 is 5.32 Å². The summed E-state index contributed by atoms with van der Waals surface area (Å²) in [5, 5.41) is 4.81. The van der Waals surface area contributed by atoms with E-state index in [0.717, 1.165) is 45.8 Å². The van der Waals surface area contributed by atoms with Gasteiger partial charge in [-0.3, -0.25) is 9.69 Å². The lowest BCUT2D eigenvalue weighted by Gasteiger charge is -2.28. The van der Waals surface area contributed by atoms with Gasteiger partial charge in [0, 0.05) is 22.5 Å². The Morgan fingerprint density at radius 1 is 1.18 bits per heavy atom. The first-order valence-corrected chi connectivity index (χ1v) is 10.2. The summed E-state index contributed by atoms with van der Waals surface area (Å²) < 4.78 is 5.88. The molecule has 5 heteroatoms. The van der Waals surface area contributed by atoms with Crippen molar-refractivity contribution in [1.82, 2.24) is 10.2 Å². The number of halogens is 1. The molecule has 1 aromatic heterocycles. The number of carbonyl (C=O) groups is 1. The number of hydrogen-bond acceptors (Lipinski definition) is 3. The van der Waals surface area contributed by atoms with Crippen LogP contribution >= 0.6 is 11.6 Å². The second-order valence-electron chi connectivity index (χ2n) is 7.55. The molecule has 0 bridgehead atoms. The summed E-state index contributed by atoms with van der Waals surface area (Å²) in [4.78, 5) is 15.3. The molecule has 4 rings (SSSR count). The zero-order valence-corrected chi connectivity index (χ0v) is 17.1. The SMILES string of the molecule is Cc1ccc2c(C)c(C(=O)NC[C@@H](c3ccccc3Cl)N3CCCC3)oc2c1. The average molecular weight is 397 g/mol. The second-order valence-corrected chi connectivity index (χ2v) is 7.95. The van der Waals surface area contributed by atoms with Crippen molar-refractivity contribution in [2.45, 2.75) is 32.7 Å². The van der Waals surface area contributed by atoms with Crippen molar-refractivity contribution in [3.05, 3.63) is 69.9 Å². The van der Waals surface area contributed by atoms with Gasteiger partial charge in [-0.2, -0.15) is 0 Å². The third-order valence-corrected chi connectivity index (χ3v) is 5.95. The first-order chi connectivity index (χ1) is 13.5. The van der Waals surface area contributed by atoms with Crippen molar-refractivity contribution >= 4 is 28.5 Å². The normalized spacial score (nSPS) is 15.8. The summed E-state index contributed by atoms with van der Waals surface area (Å²) in [6.45, 7) is 6.49. The van der Waals surface area contributed by atoms with Crippen molar-refractivity contribution in [1.29, 1.82) is 0 Å². The Hall–Kier alpha value is -2.30. The van der Waals surface area contributed by atoms with E-state index in [0.29, 0.717) is 12.3 Å². The van der Waals surface area contributed by atoms with Gasteiger partial charge in [-0.05, 0) is 63.0 Å². The van der Waals surface area contributed by atoms with Crippen LogP contribution in [0, 0.1) is 13.8 Å². The van der Waals surface area contributed by atoms with Gasteiger partial charge in [-0.25, -0.2) is 0 Å². The number of nitrogens with one attached hydrogen (secondary N) is 1. The minimum absolute atomic E-state index is 0.0621. The van der Waals surface area contributed by atoms with Gasteiger partial charge in [-0.1, -0.05) is 41.9 Å². The number of carbonyl (C=O) groups excluding carboxylic acids is 1. The minimum Gasteiger partial charge on any atom is -0.451 e. The number of benzene rings is 2. The Bertz CT molecular complexity index is 1010. The van der Waals surface area contributed by atoms with E-state index in [1.165, 1.54) is 12.8 Å². The Morgan fingerprint density at radius 2 is 1.93 bits per heavy atom. The highest BCUT2D eigenvalue weighted by atomic mass is 35.5. The van der Waals surface area contributed by atoms with Gasteiger partial charge < -0.3 is 9.73 Å². The minimum atomic E-state index is -0.178. The van der Waals surface area contributed by atoms with E-state index in [4.69, 9.17) is 16.0 Å². The molecule has 4 nitrogen and oxygen atoms in total. The molecule has 3 aromatic rings. The highest BCUT2D eigenvalue weighted by Gasteiger charge is 2.26. The summed E-state index contributed by atoms with van der Waals surface area (Å²) >= 11 is 6.47. The number of furan rings is 1. The quantitative estimate of drug-likeness (QED) is 0.639. The van der Waals surface area contributed by atoms with E-state index < -0.39 is 0 Å². The van der Waals surface area contributed by atoms with Crippen molar-refractivity contribution in [2.24, 2.45) is 0 Å². The van der Waals surface area contributed by atoms with Gasteiger partial charge in [0.05, 0.1) is 6.04 Å². The molecule has 2 heterocycles. The second kappa shape index (κ2) is 7.98. The van der Waals surface area contributed by atoms with Gasteiger partial charge in [0.2, 0.25) is 0 Å². The molecule has 1 fully saturated rings. The lowest BCUT2D eigenvalue weighted by molar-refractivity contribution is 0.0911. The fourth-order valence-electron chi connectivity index (χ4n) is 4.05. The molecule has 0 spiro atoms. The molecule has 0 saturated carbocycles. The van der Waals surface area contributed by atoms with Crippen LogP contribution in [-0.2, 0) is 0 Å². The lowest BCUT2D eigenvalue weighted by Crippen LogP contribution is -2.37. The largest absolute Gasteiger partial charge is 0.451 e. The van der Waals surface area contributed by atoms with Crippen LogP contribution in [0.25, 0.3) is 11.0 Å². The van der Waals surface area contributed by atoms with Crippen LogP contribution in [0.1, 0.15) is 46.1 Å². The molecule has 0 radical (unpaired) electrons. The van der Waals surface area contributed by atoms with E-state index in [-0.39, 0.29) is 11.9 Å². The summed E-state index contributed by atoms with van der Waals surface area (Å²) in [6.07, 6.45) is 2.36. The summed E-state index contributed by atoms with van der Waals surface area (Å²) in [7, 11) is 0. The maximum absolute atomic E-state index is 12.9. The first kappa shape index (κ1) is 19.0. The van der Waals surface area contributed by atoms with Crippen molar-refractivity contribution in [3.8, 4) is 0 Å². The predicted molar refractivity (Wildman–Crippen MR) is 113 cm³/mol. The average Bonchev–Trinajstić information content (AvgIpc) is 3.31. The molecular formula is C23H25ClN2O2. The number of likely N-dealkylation sites (tertiary alicyclic amines) is 1. The maximum atomic E-state index is 12.9. The molecule has 146 valence electrons. The summed E-state index contributed by atoms with van der Waals surface area (Å²) in [5.41, 5.74) is 3.80. The van der Waals surface area contributed by atoms with Crippen LogP contribution in [0.5, 0.6) is 0 Å². The fourth-order valence-corrected chi connectivity index (χ4v) is 4.31. The molecule has 1 atom stereocenters.